The number of benzene rings is 2. The Morgan fingerprint density at radius 2 is 1.89 bits per heavy atom. The topological polar surface area (TPSA) is 43.1 Å². The zero-order chi connectivity index (χ0) is 14.0. The summed E-state index contributed by atoms with van der Waals surface area (Å²) >= 11 is 0. The molecule has 0 fully saturated rings. The molecule has 19 heavy (non-hydrogen) atoms. The van der Waals surface area contributed by atoms with Gasteiger partial charge < -0.3 is 5.73 Å². The van der Waals surface area contributed by atoms with Crippen molar-refractivity contribution in [3.05, 3.63) is 59.4 Å². The average molecular weight is 257 g/mol. The van der Waals surface area contributed by atoms with Gasteiger partial charge in [-0.15, -0.1) is 0 Å². The third kappa shape index (κ3) is 2.81. The second-order valence-corrected chi connectivity index (χ2v) is 4.83. The van der Waals surface area contributed by atoms with E-state index in [0.717, 1.165) is 16.7 Å². The van der Waals surface area contributed by atoms with E-state index in [1.807, 2.05) is 6.07 Å². The Bertz CT molecular complexity index is 620. The van der Waals surface area contributed by atoms with E-state index < -0.39 is 5.91 Å². The number of amides is 1. The number of primary amides is 1. The Hall–Kier alpha value is -2.16. The summed E-state index contributed by atoms with van der Waals surface area (Å²) in [6.45, 7) is 4.10. The highest BCUT2D eigenvalue weighted by atomic mass is 19.1. The van der Waals surface area contributed by atoms with Crippen LogP contribution < -0.4 is 5.73 Å². The van der Waals surface area contributed by atoms with Crippen LogP contribution in [0.15, 0.2) is 42.5 Å². The Balaban J connectivity index is 2.60. The minimum Gasteiger partial charge on any atom is -0.366 e. The van der Waals surface area contributed by atoms with E-state index in [2.05, 4.69) is 13.8 Å². The fourth-order valence-corrected chi connectivity index (χ4v) is 2.12. The van der Waals surface area contributed by atoms with Crippen molar-refractivity contribution < 1.29 is 9.18 Å². The third-order valence-corrected chi connectivity index (χ3v) is 3.10. The first-order chi connectivity index (χ1) is 8.99. The number of hydrogen-bond acceptors (Lipinski definition) is 1. The molecule has 2 aromatic carbocycles. The van der Waals surface area contributed by atoms with Crippen LogP contribution in [-0.2, 0) is 0 Å². The van der Waals surface area contributed by atoms with E-state index in [0.29, 0.717) is 5.56 Å². The lowest BCUT2D eigenvalue weighted by Gasteiger charge is -2.13. The van der Waals surface area contributed by atoms with E-state index in [9.17, 15) is 9.18 Å². The molecule has 0 aliphatic rings. The molecule has 3 heteroatoms. The van der Waals surface area contributed by atoms with Gasteiger partial charge in [0, 0.05) is 5.56 Å². The first kappa shape index (κ1) is 13.3. The van der Waals surface area contributed by atoms with Gasteiger partial charge in [-0.1, -0.05) is 32.0 Å². The van der Waals surface area contributed by atoms with Crippen LogP contribution in [-0.4, -0.2) is 5.91 Å². The van der Waals surface area contributed by atoms with Crippen LogP contribution in [0, 0.1) is 5.82 Å². The molecule has 1 amide bonds. The predicted octanol–water partition coefficient (Wildman–Crippen LogP) is 3.72. The minimum absolute atomic E-state index is 0.271. The quantitative estimate of drug-likeness (QED) is 0.894. The van der Waals surface area contributed by atoms with Crippen molar-refractivity contribution in [3.63, 3.8) is 0 Å². The van der Waals surface area contributed by atoms with Crippen molar-refractivity contribution in [1.29, 1.82) is 0 Å². The average Bonchev–Trinajstić information content (AvgIpc) is 2.38. The van der Waals surface area contributed by atoms with Crippen molar-refractivity contribution >= 4 is 5.91 Å². The smallest absolute Gasteiger partial charge is 0.248 e. The van der Waals surface area contributed by atoms with Gasteiger partial charge in [-0.3, -0.25) is 4.79 Å². The second-order valence-electron chi connectivity index (χ2n) is 4.83. The normalized spacial score (nSPS) is 10.7. The van der Waals surface area contributed by atoms with Crippen LogP contribution in [0.25, 0.3) is 11.1 Å². The molecule has 0 radical (unpaired) electrons. The van der Waals surface area contributed by atoms with Gasteiger partial charge in [0.2, 0.25) is 5.91 Å². The molecule has 2 nitrogen and oxygen atoms in total. The van der Waals surface area contributed by atoms with Gasteiger partial charge in [0.15, 0.2) is 0 Å². The maximum absolute atomic E-state index is 13.5. The molecule has 98 valence electrons. The van der Waals surface area contributed by atoms with E-state index in [1.54, 1.807) is 24.3 Å². The van der Waals surface area contributed by atoms with Gasteiger partial charge in [-0.2, -0.15) is 0 Å². The van der Waals surface area contributed by atoms with Gasteiger partial charge >= 0.3 is 0 Å². The second kappa shape index (κ2) is 5.22. The summed E-state index contributed by atoms with van der Waals surface area (Å²) in [6.07, 6.45) is 0. The molecule has 2 rings (SSSR count). The molecule has 0 saturated heterocycles. The number of carbonyl (C=O) groups excluding carboxylic acids is 1. The highest BCUT2D eigenvalue weighted by molar-refractivity contribution is 5.94. The van der Waals surface area contributed by atoms with Crippen LogP contribution in [0.5, 0.6) is 0 Å². The summed E-state index contributed by atoms with van der Waals surface area (Å²) < 4.78 is 13.5. The van der Waals surface area contributed by atoms with Gasteiger partial charge in [-0.05, 0) is 46.9 Å². The number of halogens is 1. The Morgan fingerprint density at radius 3 is 2.53 bits per heavy atom. The first-order valence-corrected chi connectivity index (χ1v) is 6.18. The number of rotatable bonds is 3. The third-order valence-electron chi connectivity index (χ3n) is 3.10. The monoisotopic (exact) mass is 257 g/mol. The zero-order valence-corrected chi connectivity index (χ0v) is 11.0. The van der Waals surface area contributed by atoms with E-state index in [1.165, 1.54) is 12.1 Å². The summed E-state index contributed by atoms with van der Waals surface area (Å²) in [6, 6.07) is 11.7. The molecule has 0 aliphatic carbocycles. The van der Waals surface area contributed by atoms with E-state index in [-0.39, 0.29) is 11.7 Å². The van der Waals surface area contributed by atoms with Crippen molar-refractivity contribution in [2.75, 3.05) is 0 Å². The molecule has 0 aromatic heterocycles. The van der Waals surface area contributed by atoms with Crippen LogP contribution in [0.3, 0.4) is 0 Å². The molecule has 0 atom stereocenters. The Morgan fingerprint density at radius 1 is 1.16 bits per heavy atom. The lowest BCUT2D eigenvalue weighted by molar-refractivity contribution is 0.100. The lowest BCUT2D eigenvalue weighted by atomic mass is 9.92. The number of hydrogen-bond donors (Lipinski definition) is 1. The molecule has 0 unspecified atom stereocenters. The largest absolute Gasteiger partial charge is 0.366 e. The summed E-state index contributed by atoms with van der Waals surface area (Å²) in [4.78, 5) is 11.2. The maximum atomic E-state index is 13.5. The molecular weight excluding hydrogens is 241 g/mol. The van der Waals surface area contributed by atoms with Crippen LogP contribution in [0.4, 0.5) is 4.39 Å². The zero-order valence-electron chi connectivity index (χ0n) is 11.0. The molecule has 2 N–H and O–H groups in total. The standard InChI is InChI=1S/C16H16FNO/c1-10(2)14-7-6-13(17)9-15(14)11-4-3-5-12(8-11)16(18)19/h3-10H,1-2H3,(H2,18,19). The molecule has 0 bridgehead atoms. The molecule has 0 spiro atoms. The first-order valence-electron chi connectivity index (χ1n) is 6.18. The maximum Gasteiger partial charge on any atom is 0.248 e. The minimum atomic E-state index is -0.482. The van der Waals surface area contributed by atoms with Gasteiger partial charge in [0.05, 0.1) is 0 Å². The van der Waals surface area contributed by atoms with Crippen molar-refractivity contribution in [1.82, 2.24) is 0 Å². The fraction of sp³-hybridized carbons (Fsp3) is 0.188. The van der Waals surface area contributed by atoms with Gasteiger partial charge in [-0.25, -0.2) is 4.39 Å². The summed E-state index contributed by atoms with van der Waals surface area (Å²) in [5.41, 5.74) is 8.36. The predicted molar refractivity (Wildman–Crippen MR) is 74.4 cm³/mol. The van der Waals surface area contributed by atoms with Crippen LogP contribution in [0.1, 0.15) is 35.7 Å². The lowest BCUT2D eigenvalue weighted by Crippen LogP contribution is -2.10. The molecule has 0 saturated carbocycles. The molecule has 2 aromatic rings. The SMILES string of the molecule is CC(C)c1ccc(F)cc1-c1cccc(C(N)=O)c1. The van der Waals surface area contributed by atoms with Crippen molar-refractivity contribution in [2.24, 2.45) is 5.73 Å². The van der Waals surface area contributed by atoms with Crippen molar-refractivity contribution in [3.8, 4) is 11.1 Å². The Labute approximate surface area is 112 Å². The summed E-state index contributed by atoms with van der Waals surface area (Å²) in [5, 5.41) is 0. The molecular formula is C16H16FNO. The van der Waals surface area contributed by atoms with Gasteiger partial charge in [0.1, 0.15) is 5.82 Å². The fourth-order valence-electron chi connectivity index (χ4n) is 2.12. The summed E-state index contributed by atoms with van der Waals surface area (Å²) in [5.74, 6) is -0.499. The van der Waals surface area contributed by atoms with Gasteiger partial charge in [0.25, 0.3) is 0 Å². The molecule has 0 heterocycles. The highest BCUT2D eigenvalue weighted by Crippen LogP contribution is 2.30. The van der Waals surface area contributed by atoms with Crippen molar-refractivity contribution in [2.45, 2.75) is 19.8 Å². The van der Waals surface area contributed by atoms with E-state index in [4.69, 9.17) is 5.73 Å². The van der Waals surface area contributed by atoms with Crippen LogP contribution >= 0.6 is 0 Å². The number of nitrogens with two attached hydrogens (primary N) is 1. The highest BCUT2D eigenvalue weighted by Gasteiger charge is 2.11. The summed E-state index contributed by atoms with van der Waals surface area (Å²) in [7, 11) is 0. The van der Waals surface area contributed by atoms with E-state index >= 15 is 0 Å². The Kier molecular flexibility index (Phi) is 3.65. The number of carbonyl (C=O) groups is 1. The molecule has 0 aliphatic heterocycles. The van der Waals surface area contributed by atoms with Crippen LogP contribution in [0.2, 0.25) is 0 Å².